The first-order valence-electron chi connectivity index (χ1n) is 7.22. The first-order valence-corrected chi connectivity index (χ1v) is 8.71. The molecule has 24 heavy (non-hydrogen) atoms. The number of thiocarbonyl (C=S) groups is 1. The van der Waals surface area contributed by atoms with Crippen LogP contribution in [0.4, 0.5) is 5.69 Å². The zero-order valence-electron chi connectivity index (χ0n) is 13.3. The summed E-state index contributed by atoms with van der Waals surface area (Å²) in [4.78, 5) is 12.3. The SMILES string of the molecule is CCOc1ccccc1NC(=S)NC(=O)c1ccc(OC)c(I)c1. The number of anilines is 1. The van der Waals surface area contributed by atoms with E-state index in [4.69, 9.17) is 21.7 Å². The van der Waals surface area contributed by atoms with Gasteiger partial charge >= 0.3 is 0 Å². The summed E-state index contributed by atoms with van der Waals surface area (Å²) in [5.41, 5.74) is 1.21. The summed E-state index contributed by atoms with van der Waals surface area (Å²) < 4.78 is 11.6. The van der Waals surface area contributed by atoms with Crippen molar-refractivity contribution in [3.8, 4) is 11.5 Å². The van der Waals surface area contributed by atoms with E-state index in [2.05, 4.69) is 33.2 Å². The third-order valence-corrected chi connectivity index (χ3v) is 4.12. The minimum atomic E-state index is -0.290. The largest absolute Gasteiger partial charge is 0.496 e. The zero-order valence-corrected chi connectivity index (χ0v) is 16.2. The van der Waals surface area contributed by atoms with Crippen LogP contribution in [0.5, 0.6) is 11.5 Å². The molecule has 0 fully saturated rings. The van der Waals surface area contributed by atoms with Crippen LogP contribution >= 0.6 is 34.8 Å². The van der Waals surface area contributed by atoms with Crippen molar-refractivity contribution in [2.75, 3.05) is 19.0 Å². The molecule has 0 atom stereocenters. The highest BCUT2D eigenvalue weighted by Crippen LogP contribution is 2.24. The monoisotopic (exact) mass is 456 g/mol. The fourth-order valence-corrected chi connectivity index (χ4v) is 2.93. The fourth-order valence-electron chi connectivity index (χ4n) is 1.99. The Bertz CT molecular complexity index is 752. The molecule has 0 unspecified atom stereocenters. The molecule has 1 amide bonds. The van der Waals surface area contributed by atoms with Crippen LogP contribution in [0.15, 0.2) is 42.5 Å². The van der Waals surface area contributed by atoms with Crippen molar-refractivity contribution >= 4 is 51.5 Å². The lowest BCUT2D eigenvalue weighted by Gasteiger charge is -2.13. The summed E-state index contributed by atoms with van der Waals surface area (Å²) >= 11 is 7.33. The van der Waals surface area contributed by atoms with Crippen LogP contribution in [0.3, 0.4) is 0 Å². The van der Waals surface area contributed by atoms with Gasteiger partial charge in [0.15, 0.2) is 5.11 Å². The van der Waals surface area contributed by atoms with E-state index in [1.54, 1.807) is 25.3 Å². The molecular weight excluding hydrogens is 439 g/mol. The number of hydrogen-bond acceptors (Lipinski definition) is 4. The molecule has 0 aliphatic rings. The van der Waals surface area contributed by atoms with Gasteiger partial charge in [0, 0.05) is 5.56 Å². The summed E-state index contributed by atoms with van der Waals surface area (Å²) in [6.07, 6.45) is 0. The summed E-state index contributed by atoms with van der Waals surface area (Å²) in [6, 6.07) is 12.6. The van der Waals surface area contributed by atoms with Gasteiger partial charge in [-0.25, -0.2) is 0 Å². The van der Waals surface area contributed by atoms with Crippen LogP contribution in [0.2, 0.25) is 0 Å². The van der Waals surface area contributed by atoms with Gasteiger partial charge in [-0.3, -0.25) is 10.1 Å². The van der Waals surface area contributed by atoms with Crippen LogP contribution in [-0.4, -0.2) is 24.7 Å². The molecule has 2 aromatic rings. The topological polar surface area (TPSA) is 59.6 Å². The quantitative estimate of drug-likeness (QED) is 0.529. The Labute approximate surface area is 159 Å². The third kappa shape index (κ3) is 4.81. The van der Waals surface area contributed by atoms with Crippen molar-refractivity contribution < 1.29 is 14.3 Å². The second-order valence-electron chi connectivity index (χ2n) is 4.69. The molecule has 2 rings (SSSR count). The van der Waals surface area contributed by atoms with Crippen LogP contribution in [0.25, 0.3) is 0 Å². The number of halogens is 1. The number of para-hydroxylation sites is 2. The van der Waals surface area contributed by atoms with Crippen LogP contribution in [0.1, 0.15) is 17.3 Å². The lowest BCUT2D eigenvalue weighted by atomic mass is 10.2. The molecule has 7 heteroatoms. The Morgan fingerprint density at radius 3 is 2.62 bits per heavy atom. The molecular formula is C17H17IN2O3S. The molecule has 0 aliphatic heterocycles. The van der Waals surface area contributed by atoms with Crippen molar-refractivity contribution in [1.29, 1.82) is 0 Å². The molecule has 0 heterocycles. The van der Waals surface area contributed by atoms with Gasteiger partial charge in [-0.1, -0.05) is 12.1 Å². The maximum atomic E-state index is 12.3. The van der Waals surface area contributed by atoms with Gasteiger partial charge < -0.3 is 14.8 Å². The lowest BCUT2D eigenvalue weighted by Crippen LogP contribution is -2.34. The van der Waals surface area contributed by atoms with E-state index in [1.807, 2.05) is 31.2 Å². The molecule has 0 spiro atoms. The van der Waals surface area contributed by atoms with E-state index >= 15 is 0 Å². The number of carbonyl (C=O) groups excluding carboxylic acids is 1. The zero-order chi connectivity index (χ0) is 17.5. The second-order valence-corrected chi connectivity index (χ2v) is 6.26. The average molecular weight is 456 g/mol. The Hall–Kier alpha value is -1.87. The maximum absolute atomic E-state index is 12.3. The number of hydrogen-bond donors (Lipinski definition) is 2. The number of benzene rings is 2. The standard InChI is InChI=1S/C17H17IN2O3S/c1-3-23-15-7-5-4-6-13(15)19-17(24)20-16(21)11-8-9-14(22-2)12(18)10-11/h4-10H,3H2,1-2H3,(H2,19,20,21,24). The van der Waals surface area contributed by atoms with Gasteiger partial charge in [-0.05, 0) is 72.1 Å². The maximum Gasteiger partial charge on any atom is 0.257 e. The summed E-state index contributed by atoms with van der Waals surface area (Å²) in [7, 11) is 1.59. The molecule has 5 nitrogen and oxygen atoms in total. The predicted molar refractivity (Wildman–Crippen MR) is 107 cm³/mol. The Morgan fingerprint density at radius 1 is 1.21 bits per heavy atom. The third-order valence-electron chi connectivity index (χ3n) is 3.08. The Balaban J connectivity index is 2.04. The van der Waals surface area contributed by atoms with E-state index in [9.17, 15) is 4.79 Å². The molecule has 2 N–H and O–H groups in total. The van der Waals surface area contributed by atoms with Crippen molar-refractivity contribution in [2.24, 2.45) is 0 Å². The molecule has 0 bridgehead atoms. The van der Waals surface area contributed by atoms with E-state index in [1.165, 1.54) is 0 Å². The first-order chi connectivity index (χ1) is 11.5. The summed E-state index contributed by atoms with van der Waals surface area (Å²) in [5.74, 6) is 1.11. The van der Waals surface area contributed by atoms with Gasteiger partial charge in [0.1, 0.15) is 11.5 Å². The fraction of sp³-hybridized carbons (Fsp3) is 0.176. The van der Waals surface area contributed by atoms with Crippen LogP contribution in [0, 0.1) is 3.57 Å². The minimum Gasteiger partial charge on any atom is -0.496 e. The van der Waals surface area contributed by atoms with Gasteiger partial charge in [0.2, 0.25) is 0 Å². The molecule has 0 aromatic heterocycles. The molecule has 0 radical (unpaired) electrons. The second kappa shape index (κ2) is 8.84. The highest BCUT2D eigenvalue weighted by atomic mass is 127. The van der Waals surface area contributed by atoms with E-state index in [-0.39, 0.29) is 11.0 Å². The first kappa shape index (κ1) is 18.5. The average Bonchev–Trinajstić information content (AvgIpc) is 2.56. The molecule has 2 aromatic carbocycles. The predicted octanol–water partition coefficient (Wildman–Crippen LogP) is 3.83. The van der Waals surface area contributed by atoms with Gasteiger partial charge in [-0.2, -0.15) is 0 Å². The van der Waals surface area contributed by atoms with Crippen molar-refractivity contribution in [2.45, 2.75) is 6.92 Å². The molecule has 126 valence electrons. The highest BCUT2D eigenvalue weighted by molar-refractivity contribution is 14.1. The number of amides is 1. The summed E-state index contributed by atoms with van der Waals surface area (Å²) in [5, 5.41) is 5.85. The van der Waals surface area contributed by atoms with Gasteiger partial charge in [-0.15, -0.1) is 0 Å². The molecule has 0 saturated carbocycles. The number of ether oxygens (including phenoxy) is 2. The van der Waals surface area contributed by atoms with Crippen molar-refractivity contribution in [3.05, 3.63) is 51.6 Å². The van der Waals surface area contributed by atoms with Gasteiger partial charge in [0.05, 0.1) is 23.0 Å². The van der Waals surface area contributed by atoms with Crippen LogP contribution < -0.4 is 20.1 Å². The van der Waals surface area contributed by atoms with E-state index in [0.29, 0.717) is 23.6 Å². The Kier molecular flexibility index (Phi) is 6.80. The number of methoxy groups -OCH3 is 1. The van der Waals surface area contributed by atoms with E-state index < -0.39 is 0 Å². The van der Waals surface area contributed by atoms with Crippen molar-refractivity contribution in [1.82, 2.24) is 5.32 Å². The van der Waals surface area contributed by atoms with E-state index in [0.717, 1.165) is 9.32 Å². The summed E-state index contributed by atoms with van der Waals surface area (Å²) in [6.45, 7) is 2.45. The minimum absolute atomic E-state index is 0.206. The molecule has 0 aliphatic carbocycles. The highest BCUT2D eigenvalue weighted by Gasteiger charge is 2.11. The normalized spacial score (nSPS) is 9.96. The van der Waals surface area contributed by atoms with Crippen molar-refractivity contribution in [3.63, 3.8) is 0 Å². The molecule has 0 saturated heterocycles. The van der Waals surface area contributed by atoms with Crippen LogP contribution in [-0.2, 0) is 0 Å². The lowest BCUT2D eigenvalue weighted by molar-refractivity contribution is 0.0977. The number of rotatable bonds is 5. The number of nitrogens with one attached hydrogen (secondary N) is 2. The Morgan fingerprint density at radius 2 is 1.96 bits per heavy atom. The smallest absolute Gasteiger partial charge is 0.257 e. The van der Waals surface area contributed by atoms with Gasteiger partial charge in [0.25, 0.3) is 5.91 Å². The number of carbonyl (C=O) groups is 1.